The normalized spacial score (nSPS) is 16.7. The van der Waals surface area contributed by atoms with Gasteiger partial charge in [0.05, 0.1) is 6.04 Å². The van der Waals surface area contributed by atoms with Crippen LogP contribution in [0.15, 0.2) is 35.3 Å². The lowest BCUT2D eigenvalue weighted by molar-refractivity contribution is 1.07. The van der Waals surface area contributed by atoms with E-state index in [9.17, 15) is 0 Å². The number of benzene rings is 1. The SMILES string of the molecule is N#CC(=NC1CC1)c1ccccc1. The molecular formula is C11H10N2. The first-order chi connectivity index (χ1) is 6.40. The van der Waals surface area contributed by atoms with Crippen LogP contribution in [-0.2, 0) is 0 Å². The van der Waals surface area contributed by atoms with Gasteiger partial charge in [-0.15, -0.1) is 0 Å². The average Bonchev–Trinajstić information content (AvgIpc) is 2.99. The van der Waals surface area contributed by atoms with Gasteiger partial charge in [-0.2, -0.15) is 5.26 Å². The van der Waals surface area contributed by atoms with Crippen LogP contribution in [0.3, 0.4) is 0 Å². The van der Waals surface area contributed by atoms with Gasteiger partial charge in [-0.05, 0) is 12.8 Å². The predicted molar refractivity (Wildman–Crippen MR) is 51.6 cm³/mol. The molecule has 64 valence electrons. The molecule has 1 saturated carbocycles. The molecule has 2 heteroatoms. The van der Waals surface area contributed by atoms with Gasteiger partial charge in [0.25, 0.3) is 0 Å². The molecule has 0 amide bonds. The maximum atomic E-state index is 8.88. The number of hydrogen-bond donors (Lipinski definition) is 0. The van der Waals surface area contributed by atoms with E-state index in [2.05, 4.69) is 11.1 Å². The molecule has 0 unspecified atom stereocenters. The molecule has 0 heterocycles. The van der Waals surface area contributed by atoms with Crippen molar-refractivity contribution >= 4 is 5.71 Å². The molecule has 1 aliphatic carbocycles. The Hall–Kier alpha value is -1.62. The molecular weight excluding hydrogens is 160 g/mol. The van der Waals surface area contributed by atoms with Crippen molar-refractivity contribution in [1.82, 2.24) is 0 Å². The molecule has 1 fully saturated rings. The first-order valence-corrected chi connectivity index (χ1v) is 4.43. The van der Waals surface area contributed by atoms with E-state index in [1.54, 1.807) is 0 Å². The second kappa shape index (κ2) is 3.40. The topological polar surface area (TPSA) is 36.1 Å². The van der Waals surface area contributed by atoms with Gasteiger partial charge in [0, 0.05) is 5.56 Å². The van der Waals surface area contributed by atoms with Gasteiger partial charge in [-0.3, -0.25) is 4.99 Å². The van der Waals surface area contributed by atoms with E-state index in [0.717, 1.165) is 18.4 Å². The highest BCUT2D eigenvalue weighted by Gasteiger charge is 2.21. The lowest BCUT2D eigenvalue weighted by Crippen LogP contribution is -1.98. The Morgan fingerprint density at radius 2 is 2.00 bits per heavy atom. The second-order valence-corrected chi connectivity index (χ2v) is 3.19. The molecule has 0 spiro atoms. The van der Waals surface area contributed by atoms with Crippen LogP contribution in [0.1, 0.15) is 18.4 Å². The third-order valence-electron chi connectivity index (χ3n) is 2.01. The first-order valence-electron chi connectivity index (χ1n) is 4.43. The smallest absolute Gasteiger partial charge is 0.142 e. The van der Waals surface area contributed by atoms with Crippen molar-refractivity contribution < 1.29 is 0 Å². The van der Waals surface area contributed by atoms with Gasteiger partial charge in [0.15, 0.2) is 0 Å². The fraction of sp³-hybridized carbons (Fsp3) is 0.273. The zero-order valence-electron chi connectivity index (χ0n) is 7.27. The standard InChI is InChI=1S/C11H10N2/c12-8-11(13-10-6-7-10)9-4-2-1-3-5-9/h1-5,10H,6-7H2. The number of nitriles is 1. The Morgan fingerprint density at radius 1 is 1.31 bits per heavy atom. The van der Waals surface area contributed by atoms with E-state index >= 15 is 0 Å². The van der Waals surface area contributed by atoms with Crippen LogP contribution in [0.5, 0.6) is 0 Å². The Bertz CT molecular complexity index is 355. The van der Waals surface area contributed by atoms with E-state index in [0.29, 0.717) is 11.8 Å². The summed E-state index contributed by atoms with van der Waals surface area (Å²) in [6.45, 7) is 0. The van der Waals surface area contributed by atoms with Crippen LogP contribution in [0.2, 0.25) is 0 Å². The van der Waals surface area contributed by atoms with Crippen molar-refractivity contribution in [2.24, 2.45) is 4.99 Å². The summed E-state index contributed by atoms with van der Waals surface area (Å²) in [6.07, 6.45) is 2.27. The summed E-state index contributed by atoms with van der Waals surface area (Å²) in [5.41, 5.74) is 1.50. The minimum Gasteiger partial charge on any atom is -0.270 e. The third-order valence-corrected chi connectivity index (χ3v) is 2.01. The van der Waals surface area contributed by atoms with Crippen LogP contribution in [0, 0.1) is 11.3 Å². The fourth-order valence-corrected chi connectivity index (χ4v) is 1.15. The average molecular weight is 170 g/mol. The third kappa shape index (κ3) is 1.94. The minimum atomic E-state index is 0.412. The number of rotatable bonds is 2. The van der Waals surface area contributed by atoms with E-state index in [1.165, 1.54) is 0 Å². The number of hydrogen-bond acceptors (Lipinski definition) is 2. The van der Waals surface area contributed by atoms with Gasteiger partial charge in [-0.1, -0.05) is 30.3 Å². The van der Waals surface area contributed by atoms with Crippen molar-refractivity contribution in [2.75, 3.05) is 0 Å². The van der Waals surface area contributed by atoms with Crippen molar-refractivity contribution in [1.29, 1.82) is 5.26 Å². The van der Waals surface area contributed by atoms with Crippen molar-refractivity contribution in [3.05, 3.63) is 35.9 Å². The lowest BCUT2D eigenvalue weighted by atomic mass is 10.1. The van der Waals surface area contributed by atoms with Gasteiger partial charge < -0.3 is 0 Å². The van der Waals surface area contributed by atoms with Gasteiger partial charge >= 0.3 is 0 Å². The maximum Gasteiger partial charge on any atom is 0.142 e. The van der Waals surface area contributed by atoms with Gasteiger partial charge in [-0.25, -0.2) is 0 Å². The summed E-state index contributed by atoms with van der Waals surface area (Å²) >= 11 is 0. The van der Waals surface area contributed by atoms with Crippen LogP contribution in [0.25, 0.3) is 0 Å². The molecule has 1 aromatic carbocycles. The van der Waals surface area contributed by atoms with E-state index < -0.39 is 0 Å². The van der Waals surface area contributed by atoms with Gasteiger partial charge in [0.1, 0.15) is 11.8 Å². The zero-order chi connectivity index (χ0) is 9.10. The molecule has 0 bridgehead atoms. The Kier molecular flexibility index (Phi) is 2.09. The molecule has 2 nitrogen and oxygen atoms in total. The summed E-state index contributed by atoms with van der Waals surface area (Å²) in [5.74, 6) is 0. The molecule has 0 saturated heterocycles. The van der Waals surface area contributed by atoms with Crippen molar-refractivity contribution in [3.8, 4) is 6.07 Å². The molecule has 13 heavy (non-hydrogen) atoms. The van der Waals surface area contributed by atoms with Crippen molar-refractivity contribution in [2.45, 2.75) is 18.9 Å². The quantitative estimate of drug-likeness (QED) is 0.626. The van der Waals surface area contributed by atoms with Crippen LogP contribution in [0.4, 0.5) is 0 Å². The highest BCUT2D eigenvalue weighted by molar-refractivity contribution is 6.11. The second-order valence-electron chi connectivity index (χ2n) is 3.19. The summed E-state index contributed by atoms with van der Waals surface area (Å²) in [7, 11) is 0. The summed E-state index contributed by atoms with van der Waals surface area (Å²) in [5, 5.41) is 8.88. The lowest BCUT2D eigenvalue weighted by Gasteiger charge is -1.95. The van der Waals surface area contributed by atoms with Crippen molar-refractivity contribution in [3.63, 3.8) is 0 Å². The maximum absolute atomic E-state index is 8.88. The largest absolute Gasteiger partial charge is 0.270 e. The highest BCUT2D eigenvalue weighted by atomic mass is 14.8. The Morgan fingerprint density at radius 3 is 2.54 bits per heavy atom. The molecule has 1 aliphatic rings. The molecule has 1 aromatic rings. The molecule has 2 rings (SSSR count). The van der Waals surface area contributed by atoms with Crippen LogP contribution in [-0.4, -0.2) is 11.8 Å². The van der Waals surface area contributed by atoms with Gasteiger partial charge in [0.2, 0.25) is 0 Å². The molecule has 0 atom stereocenters. The summed E-state index contributed by atoms with van der Waals surface area (Å²) in [6, 6.07) is 12.2. The Balaban J connectivity index is 2.27. The van der Waals surface area contributed by atoms with E-state index in [1.807, 2.05) is 30.3 Å². The van der Waals surface area contributed by atoms with Crippen LogP contribution >= 0.6 is 0 Å². The van der Waals surface area contributed by atoms with Crippen LogP contribution < -0.4 is 0 Å². The highest BCUT2D eigenvalue weighted by Crippen LogP contribution is 2.24. The Labute approximate surface area is 77.5 Å². The minimum absolute atomic E-state index is 0.412. The molecule has 0 aliphatic heterocycles. The predicted octanol–water partition coefficient (Wildman–Crippen LogP) is 2.16. The zero-order valence-corrected chi connectivity index (χ0v) is 7.27. The first kappa shape index (κ1) is 8.00. The fourth-order valence-electron chi connectivity index (χ4n) is 1.15. The molecule has 0 aromatic heterocycles. The number of nitrogens with zero attached hydrogens (tertiary/aromatic N) is 2. The molecule has 0 radical (unpaired) electrons. The number of aliphatic imine (C=N–C) groups is 1. The summed E-state index contributed by atoms with van der Waals surface area (Å²) in [4.78, 5) is 4.33. The summed E-state index contributed by atoms with van der Waals surface area (Å²) < 4.78 is 0. The molecule has 0 N–H and O–H groups in total. The monoisotopic (exact) mass is 170 g/mol. The van der Waals surface area contributed by atoms with E-state index in [-0.39, 0.29) is 0 Å². The van der Waals surface area contributed by atoms with E-state index in [4.69, 9.17) is 5.26 Å².